The number of aromatic nitrogens is 3. The summed E-state index contributed by atoms with van der Waals surface area (Å²) >= 11 is 0. The minimum Gasteiger partial charge on any atom is -0.486 e. The lowest BCUT2D eigenvalue weighted by Crippen LogP contribution is -2.57. The third kappa shape index (κ3) is 3.54. The van der Waals surface area contributed by atoms with Crippen LogP contribution >= 0.6 is 0 Å². The molecule has 1 aromatic carbocycles. The van der Waals surface area contributed by atoms with Crippen molar-refractivity contribution in [3.63, 3.8) is 0 Å². The Kier molecular flexibility index (Phi) is 4.70. The minimum absolute atomic E-state index is 0.139. The van der Waals surface area contributed by atoms with Crippen molar-refractivity contribution in [2.24, 2.45) is 0 Å². The van der Waals surface area contributed by atoms with E-state index in [1.54, 1.807) is 13.1 Å². The molecule has 1 saturated heterocycles. The molecule has 12 heteroatoms. The van der Waals surface area contributed by atoms with E-state index in [-0.39, 0.29) is 24.3 Å². The molecule has 2 aliphatic heterocycles. The average molecular weight is 431 g/mol. The van der Waals surface area contributed by atoms with Crippen LogP contribution in [0.5, 0.6) is 11.5 Å². The predicted molar refractivity (Wildman–Crippen MR) is 107 cm³/mol. The Balaban J connectivity index is 1.50. The molecule has 5 rings (SSSR count). The van der Waals surface area contributed by atoms with Crippen LogP contribution < -0.4 is 25.5 Å². The number of alkyl halides is 1. The van der Waals surface area contributed by atoms with Crippen LogP contribution in [0.2, 0.25) is 0 Å². The highest BCUT2D eigenvalue weighted by Gasteiger charge is 2.29. The van der Waals surface area contributed by atoms with E-state index in [2.05, 4.69) is 26.1 Å². The van der Waals surface area contributed by atoms with Gasteiger partial charge in [0.25, 0.3) is 5.91 Å². The minimum atomic E-state index is -0.947. The standard InChI is InChI=1S/C19H19F2N7O3/c1-22-16-6-15(24-13-4-10(20)5-14-17(13)31-3-2-30-14)25-18-12(7-23-28(16)18)19(29)26-27-8-11(21)9-27/h4-7,11,22H,2-3,8-9H2,1H3,(H,24,25)(H,26,29). The fourth-order valence-corrected chi connectivity index (χ4v) is 3.44. The van der Waals surface area contributed by atoms with Gasteiger partial charge in [-0.3, -0.25) is 10.2 Å². The summed E-state index contributed by atoms with van der Waals surface area (Å²) in [4.78, 5) is 17.1. The van der Waals surface area contributed by atoms with Crippen LogP contribution in [0.25, 0.3) is 5.65 Å². The van der Waals surface area contributed by atoms with Gasteiger partial charge < -0.3 is 20.1 Å². The first-order chi connectivity index (χ1) is 15.0. The van der Waals surface area contributed by atoms with Crippen LogP contribution in [0.4, 0.5) is 26.1 Å². The maximum atomic E-state index is 14.1. The summed E-state index contributed by atoms with van der Waals surface area (Å²) in [5, 5.41) is 11.7. The van der Waals surface area contributed by atoms with Crippen molar-refractivity contribution < 1.29 is 23.0 Å². The molecule has 31 heavy (non-hydrogen) atoms. The zero-order valence-corrected chi connectivity index (χ0v) is 16.5. The number of hydrogen-bond acceptors (Lipinski definition) is 8. The van der Waals surface area contributed by atoms with Gasteiger partial charge in [0.1, 0.15) is 42.4 Å². The Morgan fingerprint density at radius 1 is 1.23 bits per heavy atom. The molecule has 2 aromatic heterocycles. The lowest BCUT2D eigenvalue weighted by atomic mass is 10.2. The van der Waals surface area contributed by atoms with Gasteiger partial charge in [-0.1, -0.05) is 0 Å². The zero-order valence-electron chi connectivity index (χ0n) is 16.5. The number of benzene rings is 1. The quantitative estimate of drug-likeness (QED) is 0.561. The van der Waals surface area contributed by atoms with Crippen molar-refractivity contribution in [3.05, 3.63) is 35.8 Å². The number of rotatable bonds is 5. The highest BCUT2D eigenvalue weighted by molar-refractivity contribution is 5.99. The predicted octanol–water partition coefficient (Wildman–Crippen LogP) is 1.72. The van der Waals surface area contributed by atoms with E-state index in [4.69, 9.17) is 9.47 Å². The highest BCUT2D eigenvalue weighted by Crippen LogP contribution is 2.40. The number of hydrogen-bond donors (Lipinski definition) is 3. The number of nitrogens with one attached hydrogen (secondary N) is 3. The largest absolute Gasteiger partial charge is 0.486 e. The van der Waals surface area contributed by atoms with Gasteiger partial charge in [0.2, 0.25) is 0 Å². The van der Waals surface area contributed by atoms with Crippen LogP contribution in [0.1, 0.15) is 10.4 Å². The molecule has 0 atom stereocenters. The molecule has 2 aliphatic rings. The van der Waals surface area contributed by atoms with Gasteiger partial charge in [-0.25, -0.2) is 18.8 Å². The van der Waals surface area contributed by atoms with Crippen molar-refractivity contribution in [2.45, 2.75) is 6.17 Å². The van der Waals surface area contributed by atoms with E-state index >= 15 is 0 Å². The molecule has 3 N–H and O–H groups in total. The summed E-state index contributed by atoms with van der Waals surface area (Å²) in [7, 11) is 1.70. The number of hydrazine groups is 1. The van der Waals surface area contributed by atoms with E-state index in [1.807, 2.05) is 0 Å². The van der Waals surface area contributed by atoms with Gasteiger partial charge >= 0.3 is 0 Å². The zero-order chi connectivity index (χ0) is 21.5. The summed E-state index contributed by atoms with van der Waals surface area (Å²) < 4.78 is 39.7. The maximum absolute atomic E-state index is 14.1. The van der Waals surface area contributed by atoms with Gasteiger partial charge in [0.15, 0.2) is 17.1 Å². The monoisotopic (exact) mass is 431 g/mol. The topological polar surface area (TPSA) is 105 Å². The average Bonchev–Trinajstić information content (AvgIpc) is 3.16. The van der Waals surface area contributed by atoms with Crippen molar-refractivity contribution >= 4 is 28.9 Å². The fourth-order valence-electron chi connectivity index (χ4n) is 3.44. The third-order valence-corrected chi connectivity index (χ3v) is 4.94. The van der Waals surface area contributed by atoms with E-state index in [0.717, 1.165) is 0 Å². The summed E-state index contributed by atoms with van der Waals surface area (Å²) in [6.07, 6.45) is 0.438. The molecule has 0 radical (unpaired) electrons. The SMILES string of the molecule is CNc1cc(Nc2cc(F)cc3c2OCCO3)nc2c(C(=O)NN3CC(F)C3)cnn12. The molecule has 162 valence electrons. The lowest BCUT2D eigenvalue weighted by molar-refractivity contribution is 0.0193. The molecule has 1 amide bonds. The van der Waals surface area contributed by atoms with Gasteiger partial charge in [-0.05, 0) is 0 Å². The second kappa shape index (κ2) is 7.54. The van der Waals surface area contributed by atoms with Gasteiger partial charge in [0, 0.05) is 25.2 Å². The molecule has 4 heterocycles. The van der Waals surface area contributed by atoms with Crippen molar-refractivity contribution in [3.8, 4) is 11.5 Å². The van der Waals surface area contributed by atoms with Crippen LogP contribution in [-0.2, 0) is 0 Å². The molecule has 0 bridgehead atoms. The van der Waals surface area contributed by atoms with Crippen LogP contribution in [-0.4, -0.2) is 65.0 Å². The number of amides is 1. The smallest absolute Gasteiger partial charge is 0.271 e. The summed E-state index contributed by atoms with van der Waals surface area (Å²) in [6, 6.07) is 4.19. The van der Waals surface area contributed by atoms with E-state index in [1.165, 1.54) is 27.9 Å². The molecule has 0 saturated carbocycles. The fraction of sp³-hybridized carbons (Fsp3) is 0.316. The number of anilines is 3. The summed E-state index contributed by atoms with van der Waals surface area (Å²) in [6.45, 7) is 0.947. The first-order valence-electron chi connectivity index (χ1n) is 9.64. The molecule has 1 fully saturated rings. The number of fused-ring (bicyclic) bond motifs is 2. The number of halogens is 2. The Hall–Kier alpha value is -3.67. The highest BCUT2D eigenvalue weighted by atomic mass is 19.1. The lowest BCUT2D eigenvalue weighted by Gasteiger charge is -2.33. The molecule has 10 nitrogen and oxygen atoms in total. The third-order valence-electron chi connectivity index (χ3n) is 4.94. The molecule has 0 spiro atoms. The van der Waals surface area contributed by atoms with Crippen LogP contribution in [0.15, 0.2) is 24.4 Å². The molecular weight excluding hydrogens is 412 g/mol. The molecule has 3 aromatic rings. The van der Waals surface area contributed by atoms with Crippen LogP contribution in [0.3, 0.4) is 0 Å². The van der Waals surface area contributed by atoms with Gasteiger partial charge in [0.05, 0.1) is 25.0 Å². The van der Waals surface area contributed by atoms with Crippen molar-refractivity contribution in [1.82, 2.24) is 25.0 Å². The molecule has 0 unspecified atom stereocenters. The molecule has 0 aliphatic carbocycles. The summed E-state index contributed by atoms with van der Waals surface area (Å²) in [5.74, 6) is 0.613. The van der Waals surface area contributed by atoms with Crippen molar-refractivity contribution in [1.29, 1.82) is 0 Å². The first-order valence-corrected chi connectivity index (χ1v) is 9.64. The van der Waals surface area contributed by atoms with E-state index < -0.39 is 17.9 Å². The van der Waals surface area contributed by atoms with Gasteiger partial charge in [-0.2, -0.15) is 9.61 Å². The Labute approximate surface area is 175 Å². The van der Waals surface area contributed by atoms with E-state index in [9.17, 15) is 13.6 Å². The summed E-state index contributed by atoms with van der Waals surface area (Å²) in [5.41, 5.74) is 3.45. The van der Waals surface area contributed by atoms with Crippen LogP contribution in [0, 0.1) is 5.82 Å². The van der Waals surface area contributed by atoms with Gasteiger partial charge in [-0.15, -0.1) is 0 Å². The number of nitrogens with zero attached hydrogens (tertiary/aromatic N) is 4. The maximum Gasteiger partial charge on any atom is 0.271 e. The van der Waals surface area contributed by atoms with E-state index in [0.29, 0.717) is 42.0 Å². The Morgan fingerprint density at radius 2 is 2.03 bits per heavy atom. The number of carbonyl (C=O) groups is 1. The number of carbonyl (C=O) groups excluding carboxylic acids is 1. The van der Waals surface area contributed by atoms with Crippen molar-refractivity contribution in [2.75, 3.05) is 44.0 Å². The Bertz CT molecular complexity index is 1160. The second-order valence-electron chi connectivity index (χ2n) is 7.12. The Morgan fingerprint density at radius 3 is 2.81 bits per heavy atom. The normalized spacial score (nSPS) is 16.1. The second-order valence-corrected chi connectivity index (χ2v) is 7.12. The molecular formula is C19H19F2N7O3. The first kappa shape index (κ1) is 19.3. The number of ether oxygens (including phenoxy) is 2.